The molecule has 0 bridgehead atoms. The molecule has 2 fully saturated rings. The second-order valence-corrected chi connectivity index (χ2v) is 4.60. The minimum atomic E-state index is -0.281. The summed E-state index contributed by atoms with van der Waals surface area (Å²) in [6, 6.07) is 1.03. The predicted molar refractivity (Wildman–Crippen MR) is 56.8 cm³/mol. The lowest BCUT2D eigenvalue weighted by molar-refractivity contribution is 0.0878. The Morgan fingerprint density at radius 3 is 2.60 bits per heavy atom. The van der Waals surface area contributed by atoms with E-state index in [1.165, 1.54) is 0 Å². The molecule has 0 aromatic heterocycles. The van der Waals surface area contributed by atoms with Crippen molar-refractivity contribution in [2.45, 2.75) is 32.0 Å². The fraction of sp³-hybridized carbons (Fsp3) is 0.900. The third-order valence-corrected chi connectivity index (χ3v) is 2.84. The van der Waals surface area contributed by atoms with Crippen LogP contribution in [-0.2, 0) is 4.74 Å². The van der Waals surface area contributed by atoms with Crippen molar-refractivity contribution in [3.05, 3.63) is 0 Å². The summed E-state index contributed by atoms with van der Waals surface area (Å²) in [5.41, 5.74) is 0. The van der Waals surface area contributed by atoms with Crippen LogP contribution < -0.4 is 10.6 Å². The van der Waals surface area contributed by atoms with Crippen molar-refractivity contribution in [2.75, 3.05) is 26.2 Å². The van der Waals surface area contributed by atoms with Crippen molar-refractivity contribution in [1.82, 2.24) is 15.5 Å². The summed E-state index contributed by atoms with van der Waals surface area (Å²) in [5.74, 6) is 0. The van der Waals surface area contributed by atoms with Crippen molar-refractivity contribution >= 4 is 6.09 Å². The number of cyclic esters (lactones) is 1. The highest BCUT2D eigenvalue weighted by atomic mass is 16.6. The van der Waals surface area contributed by atoms with Crippen molar-refractivity contribution in [3.63, 3.8) is 0 Å². The molecule has 2 rings (SSSR count). The molecule has 2 saturated heterocycles. The van der Waals surface area contributed by atoms with Gasteiger partial charge in [-0.2, -0.15) is 0 Å². The van der Waals surface area contributed by atoms with Crippen LogP contribution in [0.4, 0.5) is 4.79 Å². The Bertz CT molecular complexity index is 237. The topological polar surface area (TPSA) is 53.6 Å². The average molecular weight is 213 g/mol. The number of hydrogen-bond donors (Lipinski definition) is 2. The second-order valence-electron chi connectivity index (χ2n) is 4.60. The molecule has 2 N–H and O–H groups in total. The zero-order valence-electron chi connectivity index (χ0n) is 9.32. The largest absolute Gasteiger partial charge is 0.443 e. The summed E-state index contributed by atoms with van der Waals surface area (Å²) in [5, 5.41) is 6.16. The lowest BCUT2D eigenvalue weighted by Crippen LogP contribution is -2.55. The molecule has 15 heavy (non-hydrogen) atoms. The molecule has 3 unspecified atom stereocenters. The molecule has 0 radical (unpaired) electrons. The van der Waals surface area contributed by atoms with Gasteiger partial charge in [0.2, 0.25) is 0 Å². The van der Waals surface area contributed by atoms with Crippen LogP contribution in [0.3, 0.4) is 0 Å². The minimum absolute atomic E-state index is 0.0231. The first-order valence-electron chi connectivity index (χ1n) is 5.56. The molecule has 3 atom stereocenters. The van der Waals surface area contributed by atoms with Crippen LogP contribution in [0.5, 0.6) is 0 Å². The quantitative estimate of drug-likeness (QED) is 0.666. The molecular weight excluding hydrogens is 194 g/mol. The smallest absolute Gasteiger partial charge is 0.407 e. The SMILES string of the molecule is CC1CN(CC2CNC(=O)O2)CC(C)N1. The minimum Gasteiger partial charge on any atom is -0.443 e. The van der Waals surface area contributed by atoms with Gasteiger partial charge in [0, 0.05) is 31.7 Å². The van der Waals surface area contributed by atoms with Crippen molar-refractivity contribution < 1.29 is 9.53 Å². The third-order valence-electron chi connectivity index (χ3n) is 2.84. The fourth-order valence-electron chi connectivity index (χ4n) is 2.41. The molecule has 0 aliphatic carbocycles. The number of piperazine rings is 1. The molecule has 5 nitrogen and oxygen atoms in total. The third kappa shape index (κ3) is 2.82. The maximum atomic E-state index is 10.9. The zero-order valence-corrected chi connectivity index (χ0v) is 9.32. The summed E-state index contributed by atoms with van der Waals surface area (Å²) in [4.78, 5) is 13.2. The van der Waals surface area contributed by atoms with Crippen LogP contribution in [0.15, 0.2) is 0 Å². The highest BCUT2D eigenvalue weighted by Crippen LogP contribution is 2.08. The average Bonchev–Trinajstić information content (AvgIpc) is 2.49. The van der Waals surface area contributed by atoms with Gasteiger partial charge in [-0.25, -0.2) is 4.79 Å². The molecule has 2 heterocycles. The van der Waals surface area contributed by atoms with Gasteiger partial charge in [-0.1, -0.05) is 0 Å². The first kappa shape index (κ1) is 10.7. The standard InChI is InChI=1S/C10H19N3O2/c1-7-4-13(5-8(2)12-7)6-9-3-11-10(14)15-9/h7-9,12H,3-6H2,1-2H3,(H,11,14). The number of hydrogen-bond acceptors (Lipinski definition) is 4. The fourth-order valence-corrected chi connectivity index (χ4v) is 2.41. The summed E-state index contributed by atoms with van der Waals surface area (Å²) in [6.45, 7) is 7.90. The normalized spacial score (nSPS) is 37.5. The summed E-state index contributed by atoms with van der Waals surface area (Å²) >= 11 is 0. The van der Waals surface area contributed by atoms with Crippen LogP contribution in [0.1, 0.15) is 13.8 Å². The summed E-state index contributed by atoms with van der Waals surface area (Å²) < 4.78 is 5.12. The Labute approximate surface area is 90.1 Å². The van der Waals surface area contributed by atoms with E-state index in [9.17, 15) is 4.79 Å². The molecule has 5 heteroatoms. The Morgan fingerprint density at radius 2 is 2.07 bits per heavy atom. The molecule has 2 aliphatic rings. The van der Waals surface area contributed by atoms with Gasteiger partial charge >= 0.3 is 6.09 Å². The molecule has 0 spiro atoms. The van der Waals surface area contributed by atoms with E-state index in [1.54, 1.807) is 0 Å². The van der Waals surface area contributed by atoms with E-state index in [-0.39, 0.29) is 12.2 Å². The molecule has 0 saturated carbocycles. The van der Waals surface area contributed by atoms with Crippen LogP contribution in [-0.4, -0.2) is 55.4 Å². The molecule has 0 aromatic rings. The van der Waals surface area contributed by atoms with Gasteiger partial charge < -0.3 is 15.4 Å². The Hall–Kier alpha value is -0.810. The Morgan fingerprint density at radius 1 is 1.40 bits per heavy atom. The van der Waals surface area contributed by atoms with Gasteiger partial charge in [-0.05, 0) is 13.8 Å². The van der Waals surface area contributed by atoms with Gasteiger partial charge in [0.1, 0.15) is 6.10 Å². The van der Waals surface area contributed by atoms with Crippen molar-refractivity contribution in [3.8, 4) is 0 Å². The first-order chi connectivity index (χ1) is 7.13. The van der Waals surface area contributed by atoms with Crippen LogP contribution in [0, 0.1) is 0 Å². The summed E-state index contributed by atoms with van der Waals surface area (Å²) in [7, 11) is 0. The van der Waals surface area contributed by atoms with Gasteiger partial charge in [0.15, 0.2) is 0 Å². The number of ether oxygens (including phenoxy) is 1. The number of carbonyl (C=O) groups is 1. The second kappa shape index (κ2) is 4.37. The number of alkyl carbamates (subject to hydrolysis) is 1. The van der Waals surface area contributed by atoms with E-state index < -0.39 is 0 Å². The molecule has 2 aliphatic heterocycles. The molecule has 86 valence electrons. The number of nitrogens with one attached hydrogen (secondary N) is 2. The lowest BCUT2D eigenvalue weighted by Gasteiger charge is -2.36. The summed E-state index contributed by atoms with van der Waals surface area (Å²) in [6.07, 6.45) is -0.258. The molecular formula is C10H19N3O2. The van der Waals surface area contributed by atoms with Gasteiger partial charge in [-0.3, -0.25) is 4.90 Å². The monoisotopic (exact) mass is 213 g/mol. The van der Waals surface area contributed by atoms with Gasteiger partial charge in [0.25, 0.3) is 0 Å². The zero-order chi connectivity index (χ0) is 10.8. The number of amides is 1. The van der Waals surface area contributed by atoms with E-state index in [2.05, 4.69) is 29.4 Å². The van der Waals surface area contributed by atoms with Crippen molar-refractivity contribution in [1.29, 1.82) is 0 Å². The van der Waals surface area contributed by atoms with E-state index in [4.69, 9.17) is 4.74 Å². The Balaban J connectivity index is 1.81. The van der Waals surface area contributed by atoms with E-state index in [0.717, 1.165) is 19.6 Å². The van der Waals surface area contributed by atoms with Crippen LogP contribution in [0.25, 0.3) is 0 Å². The number of rotatable bonds is 2. The molecule has 0 aromatic carbocycles. The van der Waals surface area contributed by atoms with Crippen molar-refractivity contribution in [2.24, 2.45) is 0 Å². The van der Waals surface area contributed by atoms with E-state index >= 15 is 0 Å². The molecule has 1 amide bonds. The van der Waals surface area contributed by atoms with Crippen LogP contribution >= 0.6 is 0 Å². The first-order valence-corrected chi connectivity index (χ1v) is 5.56. The highest BCUT2D eigenvalue weighted by Gasteiger charge is 2.28. The van der Waals surface area contributed by atoms with Gasteiger partial charge in [0.05, 0.1) is 6.54 Å². The van der Waals surface area contributed by atoms with E-state index in [1.807, 2.05) is 0 Å². The number of nitrogens with zero attached hydrogens (tertiary/aromatic N) is 1. The maximum absolute atomic E-state index is 10.9. The van der Waals surface area contributed by atoms with E-state index in [0.29, 0.717) is 18.6 Å². The highest BCUT2D eigenvalue weighted by molar-refractivity contribution is 5.69. The number of carbonyl (C=O) groups excluding carboxylic acids is 1. The predicted octanol–water partition coefficient (Wildman–Crippen LogP) is -0.223. The lowest BCUT2D eigenvalue weighted by atomic mass is 10.1. The van der Waals surface area contributed by atoms with Crippen LogP contribution in [0.2, 0.25) is 0 Å². The van der Waals surface area contributed by atoms with Gasteiger partial charge in [-0.15, -0.1) is 0 Å². The Kier molecular flexibility index (Phi) is 3.11. The maximum Gasteiger partial charge on any atom is 0.407 e.